The molecule has 0 amide bonds. The van der Waals surface area contributed by atoms with E-state index in [2.05, 4.69) is 4.72 Å². The second-order valence-corrected chi connectivity index (χ2v) is 7.87. The molecule has 0 aliphatic rings. The zero-order valence-electron chi connectivity index (χ0n) is 14.0. The number of hydrogen-bond acceptors (Lipinski definition) is 3. The summed E-state index contributed by atoms with van der Waals surface area (Å²) in [4.78, 5) is 12.4. The van der Waals surface area contributed by atoms with Crippen molar-refractivity contribution >= 4 is 33.1 Å². The maximum atomic E-state index is 13.3. The number of carbonyl (C=O) groups excluding carboxylic acids is 1. The maximum Gasteiger partial charge on any atom is 0.262 e. The molecule has 0 saturated carbocycles. The Bertz CT molecular complexity index is 1090. The van der Waals surface area contributed by atoms with E-state index in [4.69, 9.17) is 11.6 Å². The van der Waals surface area contributed by atoms with Gasteiger partial charge in [-0.05, 0) is 29.8 Å². The Kier molecular flexibility index (Phi) is 5.58. The fraction of sp³-hybridized carbons (Fsp3) is 0.0500. The minimum absolute atomic E-state index is 0.0188. The average Bonchev–Trinajstić information content (AvgIpc) is 2.65. The van der Waals surface area contributed by atoms with Crippen molar-refractivity contribution in [2.75, 3.05) is 4.72 Å². The molecule has 3 aromatic carbocycles. The first-order chi connectivity index (χ1) is 12.9. The van der Waals surface area contributed by atoms with Crippen LogP contribution in [0.2, 0.25) is 5.02 Å². The molecule has 0 radical (unpaired) electrons. The molecule has 0 heterocycles. The number of benzene rings is 3. The SMILES string of the molecule is O=C(Cc1ccccc1S(=O)(=O)Nc1ccc(F)c(Cl)c1)c1ccccc1. The predicted molar refractivity (Wildman–Crippen MR) is 103 cm³/mol. The first-order valence-corrected chi connectivity index (χ1v) is 9.87. The van der Waals surface area contributed by atoms with Gasteiger partial charge in [0.2, 0.25) is 0 Å². The van der Waals surface area contributed by atoms with Crippen molar-refractivity contribution in [1.82, 2.24) is 0 Å². The van der Waals surface area contributed by atoms with Gasteiger partial charge in [0.05, 0.1) is 15.6 Å². The van der Waals surface area contributed by atoms with Gasteiger partial charge in [-0.15, -0.1) is 0 Å². The molecule has 0 spiro atoms. The van der Waals surface area contributed by atoms with Crippen LogP contribution >= 0.6 is 11.6 Å². The van der Waals surface area contributed by atoms with Crippen LogP contribution in [0.4, 0.5) is 10.1 Å². The summed E-state index contributed by atoms with van der Waals surface area (Å²) < 4.78 is 41.2. The summed E-state index contributed by atoms with van der Waals surface area (Å²) in [5, 5.41) is -0.192. The van der Waals surface area contributed by atoms with Gasteiger partial charge in [-0.3, -0.25) is 9.52 Å². The highest BCUT2D eigenvalue weighted by molar-refractivity contribution is 7.92. The van der Waals surface area contributed by atoms with Crippen molar-refractivity contribution in [2.24, 2.45) is 0 Å². The van der Waals surface area contributed by atoms with Crippen molar-refractivity contribution < 1.29 is 17.6 Å². The zero-order valence-corrected chi connectivity index (χ0v) is 15.6. The topological polar surface area (TPSA) is 63.2 Å². The molecule has 0 atom stereocenters. The lowest BCUT2D eigenvalue weighted by molar-refractivity contribution is 0.0992. The predicted octanol–water partition coefficient (Wildman–Crippen LogP) is 4.71. The van der Waals surface area contributed by atoms with Crippen LogP contribution in [0.3, 0.4) is 0 Å². The summed E-state index contributed by atoms with van der Waals surface area (Å²) in [6, 6.07) is 18.4. The highest BCUT2D eigenvalue weighted by atomic mass is 35.5. The van der Waals surface area contributed by atoms with Crippen LogP contribution in [0, 0.1) is 5.82 Å². The van der Waals surface area contributed by atoms with E-state index < -0.39 is 15.8 Å². The van der Waals surface area contributed by atoms with E-state index in [9.17, 15) is 17.6 Å². The molecule has 3 aromatic rings. The summed E-state index contributed by atoms with van der Waals surface area (Å²) in [5.74, 6) is -0.837. The second-order valence-electron chi connectivity index (χ2n) is 5.81. The van der Waals surface area contributed by atoms with E-state index in [1.54, 1.807) is 48.5 Å². The lowest BCUT2D eigenvalue weighted by atomic mass is 10.0. The summed E-state index contributed by atoms with van der Waals surface area (Å²) >= 11 is 5.70. The molecule has 0 fully saturated rings. The number of Topliss-reactive ketones (excluding diaryl/α,β-unsaturated/α-hetero) is 1. The van der Waals surface area contributed by atoms with Gasteiger partial charge in [0.15, 0.2) is 5.78 Å². The van der Waals surface area contributed by atoms with Crippen LogP contribution in [0.1, 0.15) is 15.9 Å². The molecule has 0 aliphatic carbocycles. The van der Waals surface area contributed by atoms with Crippen molar-refractivity contribution in [2.45, 2.75) is 11.3 Å². The zero-order chi connectivity index (χ0) is 19.4. The molecule has 0 aromatic heterocycles. The van der Waals surface area contributed by atoms with Crippen LogP contribution in [-0.4, -0.2) is 14.2 Å². The third-order valence-corrected chi connectivity index (χ3v) is 5.65. The smallest absolute Gasteiger partial charge is 0.262 e. The lowest BCUT2D eigenvalue weighted by Gasteiger charge is -2.12. The van der Waals surface area contributed by atoms with E-state index in [0.29, 0.717) is 11.1 Å². The average molecular weight is 404 g/mol. The first kappa shape index (κ1) is 19.1. The van der Waals surface area contributed by atoms with Crippen molar-refractivity contribution in [1.29, 1.82) is 0 Å². The van der Waals surface area contributed by atoms with E-state index in [0.717, 1.165) is 6.07 Å². The number of carbonyl (C=O) groups is 1. The summed E-state index contributed by atoms with van der Waals surface area (Å²) in [6.07, 6.45) is -0.0642. The first-order valence-electron chi connectivity index (χ1n) is 8.01. The number of anilines is 1. The molecule has 0 bridgehead atoms. The summed E-state index contributed by atoms with van der Waals surface area (Å²) in [5.41, 5.74) is 1.00. The Balaban J connectivity index is 1.90. The molecular weight excluding hydrogens is 389 g/mol. The maximum absolute atomic E-state index is 13.3. The van der Waals surface area contributed by atoms with Crippen LogP contribution in [-0.2, 0) is 16.4 Å². The number of hydrogen-bond donors (Lipinski definition) is 1. The van der Waals surface area contributed by atoms with Gasteiger partial charge in [0.1, 0.15) is 5.82 Å². The molecule has 138 valence electrons. The van der Waals surface area contributed by atoms with Gasteiger partial charge in [-0.1, -0.05) is 60.1 Å². The Morgan fingerprint density at radius 3 is 2.33 bits per heavy atom. The van der Waals surface area contributed by atoms with Crippen molar-refractivity contribution in [3.05, 3.63) is 94.8 Å². The Morgan fingerprint density at radius 1 is 0.963 bits per heavy atom. The summed E-state index contributed by atoms with van der Waals surface area (Å²) in [7, 11) is -3.98. The normalized spacial score (nSPS) is 11.2. The highest BCUT2D eigenvalue weighted by Crippen LogP contribution is 2.24. The molecule has 0 aliphatic heterocycles. The van der Waals surface area contributed by atoms with Crippen molar-refractivity contribution in [3.8, 4) is 0 Å². The second kappa shape index (κ2) is 7.90. The fourth-order valence-electron chi connectivity index (χ4n) is 2.58. The van der Waals surface area contributed by atoms with Gasteiger partial charge >= 0.3 is 0 Å². The molecule has 7 heteroatoms. The molecule has 4 nitrogen and oxygen atoms in total. The van der Waals surface area contributed by atoms with Crippen LogP contribution in [0.25, 0.3) is 0 Å². The van der Waals surface area contributed by atoms with Gasteiger partial charge < -0.3 is 0 Å². The van der Waals surface area contributed by atoms with Gasteiger partial charge in [0, 0.05) is 12.0 Å². The number of rotatable bonds is 6. The van der Waals surface area contributed by atoms with E-state index in [1.165, 1.54) is 18.2 Å². The molecule has 0 saturated heterocycles. The Hall–Kier alpha value is -2.70. The van der Waals surface area contributed by atoms with Crippen LogP contribution < -0.4 is 4.72 Å². The minimum atomic E-state index is -3.98. The van der Waals surface area contributed by atoms with E-state index in [1.807, 2.05) is 0 Å². The molecule has 27 heavy (non-hydrogen) atoms. The monoisotopic (exact) mass is 403 g/mol. The van der Waals surface area contributed by atoms with Gasteiger partial charge in [-0.2, -0.15) is 0 Å². The van der Waals surface area contributed by atoms with Crippen LogP contribution in [0.5, 0.6) is 0 Å². The number of nitrogens with one attached hydrogen (secondary N) is 1. The minimum Gasteiger partial charge on any atom is -0.294 e. The van der Waals surface area contributed by atoms with E-state index in [-0.39, 0.29) is 27.8 Å². The molecule has 3 rings (SSSR count). The Morgan fingerprint density at radius 2 is 1.63 bits per heavy atom. The lowest BCUT2D eigenvalue weighted by Crippen LogP contribution is -2.16. The highest BCUT2D eigenvalue weighted by Gasteiger charge is 2.20. The standard InChI is InChI=1S/C20H15ClFNO3S/c21-17-13-16(10-11-18(17)22)23-27(25,26)20-9-5-4-8-15(20)12-19(24)14-6-2-1-3-7-14/h1-11,13,23H,12H2. The number of sulfonamides is 1. The molecule has 0 unspecified atom stereocenters. The van der Waals surface area contributed by atoms with Crippen LogP contribution in [0.15, 0.2) is 77.7 Å². The third-order valence-electron chi connectivity index (χ3n) is 3.88. The quantitative estimate of drug-likeness (QED) is 0.606. The molecule has 1 N–H and O–H groups in total. The third kappa shape index (κ3) is 4.53. The van der Waals surface area contributed by atoms with E-state index >= 15 is 0 Å². The fourth-order valence-corrected chi connectivity index (χ4v) is 4.05. The summed E-state index contributed by atoms with van der Waals surface area (Å²) in [6.45, 7) is 0. The number of halogens is 2. The van der Waals surface area contributed by atoms with Crippen molar-refractivity contribution in [3.63, 3.8) is 0 Å². The number of ketones is 1. The van der Waals surface area contributed by atoms with Gasteiger partial charge in [-0.25, -0.2) is 12.8 Å². The Labute approximate surface area is 161 Å². The van der Waals surface area contributed by atoms with Gasteiger partial charge in [0.25, 0.3) is 10.0 Å². The molecular formula is C20H15ClFNO3S. The largest absolute Gasteiger partial charge is 0.294 e.